The van der Waals surface area contributed by atoms with Gasteiger partial charge in [-0.15, -0.1) is 0 Å². The van der Waals surface area contributed by atoms with E-state index in [4.69, 9.17) is 0 Å². The molecule has 1 N–H and O–H groups in total. The number of benzene rings is 2. The molecule has 0 spiro atoms. The van der Waals surface area contributed by atoms with Crippen LogP contribution in [0.25, 0.3) is 10.9 Å². The molecule has 5 nitrogen and oxygen atoms in total. The lowest BCUT2D eigenvalue weighted by Crippen LogP contribution is -2.33. The molecule has 0 saturated carbocycles. The van der Waals surface area contributed by atoms with Gasteiger partial charge in [0.05, 0.1) is 17.4 Å². The normalized spacial score (nSPS) is 12.1. The van der Waals surface area contributed by atoms with Crippen LogP contribution in [0, 0.1) is 11.7 Å². The summed E-state index contributed by atoms with van der Waals surface area (Å²) in [4.78, 5) is 29.2. The predicted molar refractivity (Wildman–Crippen MR) is 98.1 cm³/mol. The van der Waals surface area contributed by atoms with E-state index in [2.05, 4.69) is 10.3 Å². The summed E-state index contributed by atoms with van der Waals surface area (Å²) in [6.45, 7) is 1.94. The molecule has 3 aromatic rings. The summed E-state index contributed by atoms with van der Waals surface area (Å²) in [5.41, 5.74) is 1.23. The molecule has 0 aliphatic carbocycles. The molecule has 0 aliphatic rings. The summed E-state index contributed by atoms with van der Waals surface area (Å²) in [6, 6.07) is 13.3. The quantitative estimate of drug-likeness (QED) is 0.767. The van der Waals surface area contributed by atoms with Crippen LogP contribution < -0.4 is 10.9 Å². The van der Waals surface area contributed by atoms with Crippen molar-refractivity contribution in [2.24, 2.45) is 13.0 Å². The Morgan fingerprint density at radius 1 is 1.23 bits per heavy atom. The fraction of sp³-hybridized carbons (Fsp3) is 0.250. The van der Waals surface area contributed by atoms with Crippen molar-refractivity contribution < 1.29 is 9.18 Å². The van der Waals surface area contributed by atoms with Gasteiger partial charge in [0.2, 0.25) is 5.91 Å². The fourth-order valence-corrected chi connectivity index (χ4v) is 2.87. The molecule has 1 atom stereocenters. The maximum atomic E-state index is 13.3. The van der Waals surface area contributed by atoms with Gasteiger partial charge in [-0.1, -0.05) is 31.2 Å². The molecule has 1 aromatic heterocycles. The first-order chi connectivity index (χ1) is 12.5. The third-order valence-corrected chi connectivity index (χ3v) is 4.38. The van der Waals surface area contributed by atoms with E-state index in [0.717, 1.165) is 5.56 Å². The van der Waals surface area contributed by atoms with Gasteiger partial charge in [0.15, 0.2) is 0 Å². The Labute approximate surface area is 150 Å². The zero-order valence-corrected chi connectivity index (χ0v) is 14.7. The summed E-state index contributed by atoms with van der Waals surface area (Å²) >= 11 is 0. The first kappa shape index (κ1) is 17.8. The average Bonchev–Trinajstić information content (AvgIpc) is 2.63. The predicted octanol–water partition coefficient (Wildman–Crippen LogP) is 2.57. The third-order valence-electron chi connectivity index (χ3n) is 4.38. The van der Waals surface area contributed by atoms with Gasteiger partial charge in [0.25, 0.3) is 5.56 Å². The van der Waals surface area contributed by atoms with Crippen molar-refractivity contribution in [3.63, 3.8) is 0 Å². The molecule has 0 bridgehead atoms. The number of carbonyl (C=O) groups excluding carboxylic acids is 1. The first-order valence-electron chi connectivity index (χ1n) is 8.42. The number of nitrogens with one attached hydrogen (secondary N) is 1. The number of para-hydroxylation sites is 1. The standard InChI is InChI=1S/C20H20FN3O2/c1-13(10-14-6-5-7-15(21)11-14)19(25)22-12-18-23-17-9-4-3-8-16(17)20(26)24(18)2/h3-9,11,13H,10,12H2,1-2H3,(H,22,25). The van der Waals surface area contributed by atoms with Crippen LogP contribution in [0.4, 0.5) is 4.39 Å². The third kappa shape index (κ3) is 3.79. The van der Waals surface area contributed by atoms with Crippen molar-refractivity contribution in [3.8, 4) is 0 Å². The molecule has 0 saturated heterocycles. The lowest BCUT2D eigenvalue weighted by Gasteiger charge is -2.14. The van der Waals surface area contributed by atoms with E-state index in [1.54, 1.807) is 44.3 Å². The van der Waals surface area contributed by atoms with Crippen LogP contribution in [0.3, 0.4) is 0 Å². The number of aromatic nitrogens is 2. The van der Waals surface area contributed by atoms with Crippen molar-refractivity contribution in [3.05, 3.63) is 76.1 Å². The maximum absolute atomic E-state index is 13.3. The Bertz CT molecular complexity index is 1010. The van der Waals surface area contributed by atoms with Crippen molar-refractivity contribution in [2.75, 3.05) is 0 Å². The Kier molecular flexibility index (Phi) is 5.11. The molecule has 1 unspecified atom stereocenters. The van der Waals surface area contributed by atoms with Gasteiger partial charge in [-0.25, -0.2) is 9.37 Å². The molecular formula is C20H20FN3O2. The summed E-state index contributed by atoms with van der Waals surface area (Å²) in [5.74, 6) is -0.323. The van der Waals surface area contributed by atoms with Gasteiger partial charge >= 0.3 is 0 Å². The largest absolute Gasteiger partial charge is 0.349 e. The van der Waals surface area contributed by atoms with Gasteiger partial charge in [0, 0.05) is 13.0 Å². The van der Waals surface area contributed by atoms with E-state index in [1.165, 1.54) is 16.7 Å². The smallest absolute Gasteiger partial charge is 0.261 e. The molecule has 2 aromatic carbocycles. The molecule has 0 radical (unpaired) electrons. The molecule has 6 heteroatoms. The maximum Gasteiger partial charge on any atom is 0.261 e. The Balaban J connectivity index is 1.70. The highest BCUT2D eigenvalue weighted by atomic mass is 19.1. The minimum atomic E-state index is -0.325. The topological polar surface area (TPSA) is 64.0 Å². The van der Waals surface area contributed by atoms with Gasteiger partial charge in [-0.2, -0.15) is 0 Å². The Morgan fingerprint density at radius 3 is 2.77 bits per heavy atom. The summed E-state index contributed by atoms with van der Waals surface area (Å²) in [5, 5.41) is 3.36. The lowest BCUT2D eigenvalue weighted by molar-refractivity contribution is -0.124. The molecule has 26 heavy (non-hydrogen) atoms. The van der Waals surface area contributed by atoms with E-state index >= 15 is 0 Å². The second-order valence-electron chi connectivity index (χ2n) is 6.36. The summed E-state index contributed by atoms with van der Waals surface area (Å²) in [7, 11) is 1.64. The molecule has 3 rings (SSSR count). The van der Waals surface area contributed by atoms with Gasteiger partial charge < -0.3 is 5.32 Å². The van der Waals surface area contributed by atoms with Crippen LogP contribution in [-0.4, -0.2) is 15.5 Å². The van der Waals surface area contributed by atoms with Crippen LogP contribution in [0.15, 0.2) is 53.3 Å². The van der Waals surface area contributed by atoms with Crippen molar-refractivity contribution >= 4 is 16.8 Å². The zero-order chi connectivity index (χ0) is 18.7. The van der Waals surface area contributed by atoms with E-state index < -0.39 is 0 Å². The van der Waals surface area contributed by atoms with Gasteiger partial charge in [-0.3, -0.25) is 14.2 Å². The molecule has 0 fully saturated rings. The minimum absolute atomic E-state index is 0.146. The number of hydrogen-bond donors (Lipinski definition) is 1. The molecular weight excluding hydrogens is 333 g/mol. The SMILES string of the molecule is CC(Cc1cccc(F)c1)C(=O)NCc1nc2ccccc2c(=O)n1C. The fourth-order valence-electron chi connectivity index (χ4n) is 2.87. The molecule has 0 aliphatic heterocycles. The number of nitrogens with zero attached hydrogens (tertiary/aromatic N) is 2. The van der Waals surface area contributed by atoms with Crippen LogP contribution in [0.5, 0.6) is 0 Å². The lowest BCUT2D eigenvalue weighted by atomic mass is 10.0. The minimum Gasteiger partial charge on any atom is -0.349 e. The highest BCUT2D eigenvalue weighted by Crippen LogP contribution is 2.11. The number of carbonyl (C=O) groups is 1. The van der Waals surface area contributed by atoms with Gasteiger partial charge in [0.1, 0.15) is 11.6 Å². The summed E-state index contributed by atoms with van der Waals surface area (Å²) in [6.07, 6.45) is 0.438. The van der Waals surface area contributed by atoms with Crippen molar-refractivity contribution in [1.82, 2.24) is 14.9 Å². The van der Waals surface area contributed by atoms with Gasteiger partial charge in [-0.05, 0) is 36.2 Å². The second-order valence-corrected chi connectivity index (χ2v) is 6.36. The first-order valence-corrected chi connectivity index (χ1v) is 8.42. The summed E-state index contributed by atoms with van der Waals surface area (Å²) < 4.78 is 14.7. The van der Waals surface area contributed by atoms with E-state index in [0.29, 0.717) is 23.1 Å². The van der Waals surface area contributed by atoms with Crippen LogP contribution in [0.1, 0.15) is 18.3 Å². The number of halogens is 1. The Morgan fingerprint density at radius 2 is 2.00 bits per heavy atom. The molecule has 1 amide bonds. The number of fused-ring (bicyclic) bond motifs is 1. The van der Waals surface area contributed by atoms with Crippen molar-refractivity contribution in [1.29, 1.82) is 0 Å². The van der Waals surface area contributed by atoms with E-state index in [1.807, 2.05) is 6.07 Å². The highest BCUT2D eigenvalue weighted by Gasteiger charge is 2.15. The second kappa shape index (κ2) is 7.47. The van der Waals surface area contributed by atoms with Crippen LogP contribution in [0.2, 0.25) is 0 Å². The average molecular weight is 353 g/mol. The number of hydrogen-bond acceptors (Lipinski definition) is 3. The van der Waals surface area contributed by atoms with E-state index in [9.17, 15) is 14.0 Å². The van der Waals surface area contributed by atoms with E-state index in [-0.39, 0.29) is 29.7 Å². The number of rotatable bonds is 5. The molecule has 1 heterocycles. The monoisotopic (exact) mass is 353 g/mol. The van der Waals surface area contributed by atoms with Crippen molar-refractivity contribution in [2.45, 2.75) is 19.9 Å². The van der Waals surface area contributed by atoms with Crippen LogP contribution in [-0.2, 0) is 24.8 Å². The number of amides is 1. The van der Waals surface area contributed by atoms with Crippen LogP contribution >= 0.6 is 0 Å². The highest BCUT2D eigenvalue weighted by molar-refractivity contribution is 5.79. The zero-order valence-electron chi connectivity index (χ0n) is 14.7. The Hall–Kier alpha value is -3.02. The molecule has 134 valence electrons.